The highest BCUT2D eigenvalue weighted by molar-refractivity contribution is 6.06. The molecule has 2 aromatic carbocycles. The summed E-state index contributed by atoms with van der Waals surface area (Å²) in [4.78, 5) is 34.0. The monoisotopic (exact) mass is 425 g/mol. The van der Waals surface area contributed by atoms with Gasteiger partial charge in [-0.2, -0.15) is 5.10 Å². The quantitative estimate of drug-likeness (QED) is 0.460. The molecule has 160 valence electrons. The normalized spacial score (nSPS) is 10.6. The molecular weight excluding hydrogens is 406 g/mol. The van der Waals surface area contributed by atoms with Crippen molar-refractivity contribution in [3.05, 3.63) is 79.1 Å². The van der Waals surface area contributed by atoms with E-state index < -0.39 is 27.1 Å². The predicted octanol–water partition coefficient (Wildman–Crippen LogP) is 4.21. The maximum atomic E-state index is 12.7. The van der Waals surface area contributed by atoms with Gasteiger partial charge in [0.2, 0.25) is 5.69 Å². The van der Waals surface area contributed by atoms with Crippen LogP contribution in [-0.2, 0) is 7.05 Å². The fraction of sp³-hybridized carbons (Fsp3) is 0.200. The molecule has 1 amide bonds. The minimum Gasteiger partial charge on any atom is -0.457 e. The van der Waals surface area contributed by atoms with Crippen molar-refractivity contribution in [3.63, 3.8) is 0 Å². The molecule has 0 bridgehead atoms. The molecule has 0 saturated carbocycles. The lowest BCUT2D eigenvalue weighted by Crippen LogP contribution is -2.14. The van der Waals surface area contributed by atoms with Crippen LogP contribution in [0.2, 0.25) is 0 Å². The molecule has 3 aromatic rings. The number of hydrogen-bond acceptors (Lipinski definition) is 7. The van der Waals surface area contributed by atoms with E-state index in [1.807, 2.05) is 26.0 Å². The number of nitro benzene ring substituents is 1. The molecule has 0 unspecified atom stereocenters. The summed E-state index contributed by atoms with van der Waals surface area (Å²) in [5.74, 6) is -0.229. The number of nitrogens with one attached hydrogen (secondary N) is 1. The van der Waals surface area contributed by atoms with Crippen molar-refractivity contribution in [1.82, 2.24) is 9.78 Å². The Bertz CT molecular complexity index is 1220. The van der Waals surface area contributed by atoms with Gasteiger partial charge >= 0.3 is 5.69 Å². The van der Waals surface area contributed by atoms with Crippen LogP contribution in [0.25, 0.3) is 0 Å². The average molecular weight is 425 g/mol. The fourth-order valence-electron chi connectivity index (χ4n) is 2.92. The van der Waals surface area contributed by atoms with Gasteiger partial charge < -0.3 is 10.1 Å². The van der Waals surface area contributed by atoms with Gasteiger partial charge in [0.05, 0.1) is 21.6 Å². The Balaban J connectivity index is 1.97. The minimum absolute atomic E-state index is 0.0390. The van der Waals surface area contributed by atoms with Crippen molar-refractivity contribution in [3.8, 4) is 11.5 Å². The van der Waals surface area contributed by atoms with E-state index in [4.69, 9.17) is 4.74 Å². The lowest BCUT2D eigenvalue weighted by Gasteiger charge is -2.11. The molecule has 11 nitrogen and oxygen atoms in total. The van der Waals surface area contributed by atoms with Crippen molar-refractivity contribution < 1.29 is 19.4 Å². The molecule has 3 rings (SSSR count). The van der Waals surface area contributed by atoms with Gasteiger partial charge in [-0.1, -0.05) is 12.1 Å². The summed E-state index contributed by atoms with van der Waals surface area (Å²) >= 11 is 0. The van der Waals surface area contributed by atoms with Crippen molar-refractivity contribution in [2.45, 2.75) is 20.8 Å². The molecule has 0 aliphatic rings. The molecule has 1 heterocycles. The first-order chi connectivity index (χ1) is 14.6. The number of carbonyl (C=O) groups excluding carboxylic acids is 1. The number of non-ortho nitro benzene ring substituents is 1. The molecule has 11 heteroatoms. The SMILES string of the molecule is Cc1ccc(C)c(Oc2cc(NC(=O)c3nn(C)c(C)c3[N+](=O)[O-])cc([N+](=O)[O-])c2)c1. The Hall–Kier alpha value is -4.28. The van der Waals surface area contributed by atoms with Crippen LogP contribution in [0.1, 0.15) is 27.3 Å². The second-order valence-corrected chi connectivity index (χ2v) is 6.96. The van der Waals surface area contributed by atoms with Crippen molar-refractivity contribution >= 4 is 23.0 Å². The topological polar surface area (TPSA) is 142 Å². The number of carbonyl (C=O) groups is 1. The molecule has 0 saturated heterocycles. The Kier molecular flexibility index (Phi) is 5.68. The summed E-state index contributed by atoms with van der Waals surface area (Å²) in [5.41, 5.74) is 0.862. The Morgan fingerprint density at radius 3 is 2.42 bits per heavy atom. The zero-order valence-corrected chi connectivity index (χ0v) is 17.2. The summed E-state index contributed by atoms with van der Waals surface area (Å²) in [6, 6.07) is 9.30. The van der Waals surface area contributed by atoms with Crippen LogP contribution in [0, 0.1) is 41.0 Å². The first-order valence-electron chi connectivity index (χ1n) is 9.10. The predicted molar refractivity (Wildman–Crippen MR) is 112 cm³/mol. The number of rotatable bonds is 6. The Morgan fingerprint density at radius 1 is 1.06 bits per heavy atom. The van der Waals surface area contributed by atoms with Crippen LogP contribution >= 0.6 is 0 Å². The van der Waals surface area contributed by atoms with E-state index in [2.05, 4.69) is 10.4 Å². The number of nitrogens with zero attached hydrogens (tertiary/aromatic N) is 4. The third-order valence-corrected chi connectivity index (χ3v) is 4.63. The maximum absolute atomic E-state index is 12.7. The van der Waals surface area contributed by atoms with E-state index in [1.54, 1.807) is 6.07 Å². The number of aryl methyl sites for hydroxylation is 3. The Morgan fingerprint density at radius 2 is 1.77 bits per heavy atom. The zero-order chi connectivity index (χ0) is 22.9. The molecule has 0 spiro atoms. The molecule has 0 atom stereocenters. The first kappa shape index (κ1) is 21.4. The number of nitro groups is 2. The van der Waals surface area contributed by atoms with E-state index in [0.29, 0.717) is 5.75 Å². The molecule has 1 N–H and O–H groups in total. The van der Waals surface area contributed by atoms with Gasteiger partial charge in [-0.3, -0.25) is 29.7 Å². The molecule has 0 radical (unpaired) electrons. The smallest absolute Gasteiger partial charge is 0.322 e. The standard InChI is InChI=1S/C20H19N5O6/c1-11-5-6-12(2)17(7-11)31-16-9-14(8-15(10-16)24(27)28)21-20(26)18-19(25(29)30)13(3)23(4)22-18/h5-10H,1-4H3,(H,21,26). The second-order valence-electron chi connectivity index (χ2n) is 6.96. The van der Waals surface area contributed by atoms with Gasteiger partial charge in [-0.15, -0.1) is 0 Å². The number of anilines is 1. The summed E-state index contributed by atoms with van der Waals surface area (Å²) < 4.78 is 7.03. The van der Waals surface area contributed by atoms with Gasteiger partial charge in [0.1, 0.15) is 17.2 Å². The third-order valence-electron chi connectivity index (χ3n) is 4.63. The molecule has 1 aromatic heterocycles. The van der Waals surface area contributed by atoms with Crippen LogP contribution < -0.4 is 10.1 Å². The third kappa shape index (κ3) is 4.50. The maximum Gasteiger partial charge on any atom is 0.322 e. The van der Waals surface area contributed by atoms with E-state index in [0.717, 1.165) is 17.2 Å². The van der Waals surface area contributed by atoms with Crippen molar-refractivity contribution in [2.24, 2.45) is 7.05 Å². The highest BCUT2D eigenvalue weighted by atomic mass is 16.6. The van der Waals surface area contributed by atoms with Crippen LogP contribution in [0.5, 0.6) is 11.5 Å². The van der Waals surface area contributed by atoms with Gasteiger partial charge in [0.15, 0.2) is 0 Å². The van der Waals surface area contributed by atoms with Gasteiger partial charge in [0.25, 0.3) is 11.6 Å². The fourth-order valence-corrected chi connectivity index (χ4v) is 2.92. The lowest BCUT2D eigenvalue weighted by molar-refractivity contribution is -0.385. The van der Waals surface area contributed by atoms with Crippen LogP contribution in [0.4, 0.5) is 17.1 Å². The van der Waals surface area contributed by atoms with Crippen LogP contribution in [-0.4, -0.2) is 25.5 Å². The van der Waals surface area contributed by atoms with Crippen LogP contribution in [0.15, 0.2) is 36.4 Å². The minimum atomic E-state index is -0.867. The Labute approximate surface area is 176 Å². The molecule has 0 aliphatic heterocycles. The van der Waals surface area contributed by atoms with Gasteiger partial charge in [0, 0.05) is 19.2 Å². The van der Waals surface area contributed by atoms with E-state index in [9.17, 15) is 25.0 Å². The molecule has 0 aliphatic carbocycles. The highest BCUT2D eigenvalue weighted by Gasteiger charge is 2.29. The number of ether oxygens (including phenoxy) is 1. The average Bonchev–Trinajstić information content (AvgIpc) is 2.99. The van der Waals surface area contributed by atoms with E-state index in [1.165, 1.54) is 30.8 Å². The second kappa shape index (κ2) is 8.22. The lowest BCUT2D eigenvalue weighted by atomic mass is 10.1. The number of aromatic nitrogens is 2. The summed E-state index contributed by atoms with van der Waals surface area (Å²) in [6.07, 6.45) is 0. The largest absolute Gasteiger partial charge is 0.457 e. The van der Waals surface area contributed by atoms with Crippen molar-refractivity contribution in [2.75, 3.05) is 5.32 Å². The summed E-state index contributed by atoms with van der Waals surface area (Å²) in [6.45, 7) is 5.18. The molecule has 0 fully saturated rings. The summed E-state index contributed by atoms with van der Waals surface area (Å²) in [7, 11) is 1.47. The molecular formula is C20H19N5O6. The number of benzene rings is 2. The number of hydrogen-bond donors (Lipinski definition) is 1. The van der Waals surface area contributed by atoms with Crippen LogP contribution in [0.3, 0.4) is 0 Å². The highest BCUT2D eigenvalue weighted by Crippen LogP contribution is 2.32. The van der Waals surface area contributed by atoms with Gasteiger partial charge in [-0.05, 0) is 38.0 Å². The molecule has 31 heavy (non-hydrogen) atoms. The first-order valence-corrected chi connectivity index (χ1v) is 9.10. The zero-order valence-electron chi connectivity index (χ0n) is 17.2. The van der Waals surface area contributed by atoms with E-state index >= 15 is 0 Å². The summed E-state index contributed by atoms with van der Waals surface area (Å²) in [5, 5.41) is 29.0. The van der Waals surface area contributed by atoms with Gasteiger partial charge in [-0.25, -0.2) is 0 Å². The number of amides is 1. The van der Waals surface area contributed by atoms with Crippen molar-refractivity contribution in [1.29, 1.82) is 0 Å². The van der Waals surface area contributed by atoms with E-state index in [-0.39, 0.29) is 22.8 Å².